The van der Waals surface area contributed by atoms with E-state index in [1.54, 1.807) is 25.3 Å². The first-order chi connectivity index (χ1) is 16.0. The number of hydrogen-bond donors (Lipinski definition) is 2. The van der Waals surface area contributed by atoms with Gasteiger partial charge in [-0.05, 0) is 74.5 Å². The molecule has 0 bridgehead atoms. The maximum absolute atomic E-state index is 13.8. The number of nitrogens with zero attached hydrogens (tertiary/aromatic N) is 1. The van der Waals surface area contributed by atoms with Gasteiger partial charge in [-0.15, -0.1) is 0 Å². The summed E-state index contributed by atoms with van der Waals surface area (Å²) in [6.07, 6.45) is 6.41. The number of benzene rings is 2. The number of halogens is 1. The third-order valence-electron chi connectivity index (χ3n) is 7.54. The van der Waals surface area contributed by atoms with Crippen molar-refractivity contribution in [1.82, 2.24) is 4.90 Å². The van der Waals surface area contributed by atoms with Crippen LogP contribution in [-0.4, -0.2) is 49.7 Å². The minimum absolute atomic E-state index is 0.169. The molecule has 5 rings (SSSR count). The Morgan fingerprint density at radius 3 is 2.85 bits per heavy atom. The van der Waals surface area contributed by atoms with Crippen molar-refractivity contribution in [1.29, 1.82) is 0 Å². The summed E-state index contributed by atoms with van der Waals surface area (Å²) in [6, 6.07) is 9.26. The molecule has 1 fully saturated rings. The maximum Gasteiger partial charge on any atom is 0.249 e. The molecular weight excluding hydrogens is 421 g/mol. The number of fused-ring (bicyclic) bond motifs is 2. The molecule has 1 saturated carbocycles. The second kappa shape index (κ2) is 9.21. The first kappa shape index (κ1) is 22.0. The van der Waals surface area contributed by atoms with Gasteiger partial charge < -0.3 is 20.5 Å². The van der Waals surface area contributed by atoms with Crippen LogP contribution in [0.4, 0.5) is 10.1 Å². The van der Waals surface area contributed by atoms with Crippen LogP contribution in [0.25, 0.3) is 0 Å². The van der Waals surface area contributed by atoms with Crippen LogP contribution < -0.4 is 20.5 Å². The van der Waals surface area contributed by atoms with Crippen LogP contribution in [0.2, 0.25) is 0 Å². The lowest BCUT2D eigenvalue weighted by Crippen LogP contribution is -2.51. The lowest BCUT2D eigenvalue weighted by molar-refractivity contribution is 0.0417. The van der Waals surface area contributed by atoms with Gasteiger partial charge in [0.05, 0.1) is 7.11 Å². The molecule has 3 N–H and O–H groups in total. The van der Waals surface area contributed by atoms with Crippen molar-refractivity contribution >= 4 is 11.6 Å². The molecule has 3 aliphatic rings. The standard InChI is InChI=1S/C26H32FN3O3/c1-32-24-10-8-20(26(28)31)22-13-19(15-33-25(22)24)30(18-5-2-6-18)11-3-4-16-14-29-23-9-7-17(27)12-21(16)23/h7-10,12,16,18-19,29H,2-6,11,13-15H2,1H3,(H2,28,31)/t16?,19-/m1/s1. The Kier molecular flexibility index (Phi) is 6.15. The number of anilines is 1. The highest BCUT2D eigenvalue weighted by Crippen LogP contribution is 2.40. The highest BCUT2D eigenvalue weighted by molar-refractivity contribution is 5.95. The minimum atomic E-state index is -0.437. The summed E-state index contributed by atoms with van der Waals surface area (Å²) in [4.78, 5) is 14.6. The Balaban J connectivity index is 1.29. The van der Waals surface area contributed by atoms with Gasteiger partial charge in [0, 0.05) is 41.4 Å². The van der Waals surface area contributed by atoms with Gasteiger partial charge in [-0.3, -0.25) is 9.69 Å². The number of carbonyl (C=O) groups excluding carboxylic acids is 1. The van der Waals surface area contributed by atoms with Crippen molar-refractivity contribution in [2.75, 3.05) is 32.1 Å². The van der Waals surface area contributed by atoms with Crippen LogP contribution in [-0.2, 0) is 6.42 Å². The molecular formula is C26H32FN3O3. The Bertz CT molecular complexity index is 1040. The lowest BCUT2D eigenvalue weighted by atomic mass is 9.87. The fraction of sp³-hybridized carbons (Fsp3) is 0.500. The second-order valence-corrected chi connectivity index (χ2v) is 9.43. The average Bonchev–Trinajstić information content (AvgIpc) is 3.17. The first-order valence-corrected chi connectivity index (χ1v) is 12.0. The van der Waals surface area contributed by atoms with Crippen LogP contribution in [0.3, 0.4) is 0 Å². The number of hydrogen-bond acceptors (Lipinski definition) is 5. The molecule has 6 nitrogen and oxygen atoms in total. The normalized spacial score (nSPS) is 21.5. The van der Waals surface area contributed by atoms with E-state index in [-0.39, 0.29) is 11.9 Å². The smallest absolute Gasteiger partial charge is 0.249 e. The summed E-state index contributed by atoms with van der Waals surface area (Å²) < 4.78 is 25.4. The molecule has 7 heteroatoms. The molecule has 176 valence electrons. The fourth-order valence-corrected chi connectivity index (χ4v) is 5.58. The largest absolute Gasteiger partial charge is 0.493 e. The zero-order valence-electron chi connectivity index (χ0n) is 19.1. The molecule has 0 radical (unpaired) electrons. The number of methoxy groups -OCH3 is 1. The Morgan fingerprint density at radius 2 is 2.12 bits per heavy atom. The monoisotopic (exact) mass is 453 g/mol. The van der Waals surface area contributed by atoms with Crippen LogP contribution >= 0.6 is 0 Å². The van der Waals surface area contributed by atoms with Gasteiger partial charge in [-0.1, -0.05) is 6.42 Å². The molecule has 0 saturated heterocycles. The predicted molar refractivity (Wildman–Crippen MR) is 126 cm³/mol. The van der Waals surface area contributed by atoms with Crippen LogP contribution in [0, 0.1) is 5.82 Å². The minimum Gasteiger partial charge on any atom is -0.493 e. The van der Waals surface area contributed by atoms with Gasteiger partial charge in [-0.25, -0.2) is 4.39 Å². The van der Waals surface area contributed by atoms with E-state index < -0.39 is 5.91 Å². The van der Waals surface area contributed by atoms with E-state index in [1.807, 2.05) is 6.07 Å². The molecule has 2 aromatic carbocycles. The van der Waals surface area contributed by atoms with Crippen molar-refractivity contribution in [2.45, 2.75) is 56.5 Å². The maximum atomic E-state index is 13.8. The topological polar surface area (TPSA) is 76.8 Å². The molecule has 33 heavy (non-hydrogen) atoms. The molecule has 2 aromatic rings. The van der Waals surface area contributed by atoms with Crippen molar-refractivity contribution in [3.05, 3.63) is 52.8 Å². The van der Waals surface area contributed by atoms with Gasteiger partial charge in [-0.2, -0.15) is 0 Å². The zero-order valence-corrected chi connectivity index (χ0v) is 19.1. The van der Waals surface area contributed by atoms with Crippen molar-refractivity contribution in [3.8, 4) is 11.5 Å². The summed E-state index contributed by atoms with van der Waals surface area (Å²) >= 11 is 0. The van der Waals surface area contributed by atoms with E-state index >= 15 is 0 Å². The summed E-state index contributed by atoms with van der Waals surface area (Å²) in [5, 5.41) is 3.41. The molecule has 1 unspecified atom stereocenters. The fourth-order valence-electron chi connectivity index (χ4n) is 5.58. The molecule has 1 aliphatic carbocycles. The van der Waals surface area contributed by atoms with Crippen molar-refractivity contribution < 1.29 is 18.7 Å². The molecule has 1 amide bonds. The van der Waals surface area contributed by atoms with Crippen LogP contribution in [0.5, 0.6) is 11.5 Å². The summed E-state index contributed by atoms with van der Waals surface area (Å²) in [6.45, 7) is 2.40. The van der Waals surface area contributed by atoms with Gasteiger partial charge in [0.1, 0.15) is 12.4 Å². The number of rotatable bonds is 8. The Hall–Kier alpha value is -2.80. The summed E-state index contributed by atoms with van der Waals surface area (Å²) in [5.74, 6) is 1.02. The highest BCUT2D eigenvalue weighted by Gasteiger charge is 2.35. The molecule has 0 spiro atoms. The van der Waals surface area contributed by atoms with E-state index in [0.717, 1.165) is 49.2 Å². The lowest BCUT2D eigenvalue weighted by Gasteiger charge is -2.44. The van der Waals surface area contributed by atoms with E-state index in [2.05, 4.69) is 10.2 Å². The molecule has 2 aliphatic heterocycles. The van der Waals surface area contributed by atoms with E-state index in [0.29, 0.717) is 35.6 Å². The SMILES string of the molecule is COc1ccc(C(N)=O)c2c1OC[C@H](N(CCCC1CNc3ccc(F)cc31)C1CCC1)C2. The third kappa shape index (κ3) is 4.26. The van der Waals surface area contributed by atoms with Gasteiger partial charge in [0.25, 0.3) is 0 Å². The summed E-state index contributed by atoms with van der Waals surface area (Å²) in [5.41, 5.74) is 9.19. The highest BCUT2D eigenvalue weighted by atomic mass is 19.1. The van der Waals surface area contributed by atoms with Crippen molar-refractivity contribution in [3.63, 3.8) is 0 Å². The second-order valence-electron chi connectivity index (χ2n) is 9.43. The number of ether oxygens (including phenoxy) is 2. The first-order valence-electron chi connectivity index (χ1n) is 12.0. The van der Waals surface area contributed by atoms with Crippen LogP contribution in [0.15, 0.2) is 30.3 Å². The third-order valence-corrected chi connectivity index (χ3v) is 7.54. The molecule has 2 atom stereocenters. The van der Waals surface area contributed by atoms with E-state index in [9.17, 15) is 9.18 Å². The predicted octanol–water partition coefficient (Wildman–Crippen LogP) is 4.08. The van der Waals surface area contributed by atoms with E-state index in [1.165, 1.54) is 25.3 Å². The van der Waals surface area contributed by atoms with Gasteiger partial charge in [0.15, 0.2) is 11.5 Å². The zero-order chi connectivity index (χ0) is 22.9. The average molecular weight is 454 g/mol. The number of primary amides is 1. The van der Waals surface area contributed by atoms with Crippen LogP contribution in [0.1, 0.15) is 59.5 Å². The van der Waals surface area contributed by atoms with E-state index in [4.69, 9.17) is 15.2 Å². The van der Waals surface area contributed by atoms with Gasteiger partial charge >= 0.3 is 0 Å². The number of amides is 1. The number of nitrogens with two attached hydrogens (primary N) is 1. The number of nitrogens with one attached hydrogen (secondary N) is 1. The quantitative estimate of drug-likeness (QED) is 0.630. The van der Waals surface area contributed by atoms with Crippen molar-refractivity contribution in [2.24, 2.45) is 5.73 Å². The summed E-state index contributed by atoms with van der Waals surface area (Å²) in [7, 11) is 1.61. The Morgan fingerprint density at radius 1 is 1.27 bits per heavy atom. The molecule has 0 aromatic heterocycles. The Labute approximate surface area is 194 Å². The van der Waals surface area contributed by atoms with Gasteiger partial charge in [0.2, 0.25) is 5.91 Å². The number of carbonyl (C=O) groups is 1. The molecule has 2 heterocycles.